The van der Waals surface area contributed by atoms with Crippen LogP contribution in [0.3, 0.4) is 0 Å². The molecular formula is C32H25Br. The van der Waals surface area contributed by atoms with Gasteiger partial charge in [0.2, 0.25) is 0 Å². The average molecular weight is 489 g/mol. The Morgan fingerprint density at radius 1 is 0.424 bits per heavy atom. The molecule has 0 N–H and O–H groups in total. The lowest BCUT2D eigenvalue weighted by molar-refractivity contribution is 0.537. The minimum absolute atomic E-state index is 0.0685. The molecule has 33 heavy (non-hydrogen) atoms. The quantitative estimate of drug-likeness (QED) is 0.210. The Bertz CT molecular complexity index is 1220. The molecule has 5 rings (SSSR count). The number of hydrogen-bond donors (Lipinski definition) is 0. The Morgan fingerprint density at radius 2 is 0.818 bits per heavy atom. The summed E-state index contributed by atoms with van der Waals surface area (Å²) >= 11 is 3.76. The maximum atomic E-state index is 3.76. The number of halogens is 1. The fourth-order valence-corrected chi connectivity index (χ4v) is 5.52. The van der Waals surface area contributed by atoms with Gasteiger partial charge < -0.3 is 0 Å². The zero-order valence-corrected chi connectivity index (χ0v) is 19.9. The molecule has 0 radical (unpaired) electrons. The molecule has 0 amide bonds. The molecule has 0 aromatic heterocycles. The third-order valence-electron chi connectivity index (χ3n) is 6.44. The summed E-state index contributed by atoms with van der Waals surface area (Å²) in [5.41, 5.74) is 5.94. The molecule has 5 aromatic rings. The topological polar surface area (TPSA) is 0 Å². The maximum absolute atomic E-state index is 3.76. The summed E-state index contributed by atoms with van der Waals surface area (Å²) in [5, 5.41) is 0. The van der Waals surface area contributed by atoms with Gasteiger partial charge in [0.05, 0.1) is 5.41 Å². The minimum atomic E-state index is -0.436. The van der Waals surface area contributed by atoms with Crippen LogP contribution < -0.4 is 0 Å². The molecule has 160 valence electrons. The molecule has 0 aliphatic rings. The van der Waals surface area contributed by atoms with E-state index in [0.29, 0.717) is 0 Å². The van der Waals surface area contributed by atoms with Crippen molar-refractivity contribution in [2.45, 2.75) is 11.3 Å². The van der Waals surface area contributed by atoms with E-state index in [-0.39, 0.29) is 5.92 Å². The third-order valence-corrected chi connectivity index (χ3v) is 6.93. The van der Waals surface area contributed by atoms with Crippen molar-refractivity contribution >= 4 is 15.9 Å². The fraction of sp³-hybridized carbons (Fsp3) is 0.0625. The van der Waals surface area contributed by atoms with Crippen LogP contribution in [0.1, 0.15) is 33.7 Å². The lowest BCUT2D eigenvalue weighted by Gasteiger charge is -2.43. The first-order valence-corrected chi connectivity index (χ1v) is 12.1. The lowest BCUT2D eigenvalue weighted by Crippen LogP contribution is -2.37. The van der Waals surface area contributed by atoms with Crippen LogP contribution in [0.5, 0.6) is 0 Å². The van der Waals surface area contributed by atoms with Crippen LogP contribution in [-0.4, -0.2) is 0 Å². The molecular weight excluding hydrogens is 464 g/mol. The molecule has 0 unspecified atom stereocenters. The Balaban J connectivity index is 1.96. The second kappa shape index (κ2) is 9.60. The van der Waals surface area contributed by atoms with Crippen molar-refractivity contribution in [1.29, 1.82) is 0 Å². The van der Waals surface area contributed by atoms with Crippen molar-refractivity contribution in [3.05, 3.63) is 178 Å². The monoisotopic (exact) mass is 488 g/mol. The summed E-state index contributed by atoms with van der Waals surface area (Å²) in [6, 6.07) is 52.5. The van der Waals surface area contributed by atoms with Crippen molar-refractivity contribution in [1.82, 2.24) is 0 Å². The van der Waals surface area contributed by atoms with Gasteiger partial charge >= 0.3 is 0 Å². The van der Waals surface area contributed by atoms with Gasteiger partial charge in [0.15, 0.2) is 0 Å². The highest BCUT2D eigenvalue weighted by molar-refractivity contribution is 9.10. The van der Waals surface area contributed by atoms with Crippen LogP contribution in [0.4, 0.5) is 0 Å². The van der Waals surface area contributed by atoms with Gasteiger partial charge in [0.1, 0.15) is 0 Å². The van der Waals surface area contributed by atoms with Crippen LogP contribution in [-0.2, 0) is 5.41 Å². The SMILES string of the molecule is Brc1cccc(C(c2ccccc2)(c2ccccc2)C(c2ccccc2)c2ccccc2)c1. The summed E-state index contributed by atoms with van der Waals surface area (Å²) in [6.45, 7) is 0. The first kappa shape index (κ1) is 21.4. The number of rotatable bonds is 6. The smallest absolute Gasteiger partial charge is 0.0560 e. The molecule has 0 nitrogen and oxygen atoms in total. The van der Waals surface area contributed by atoms with E-state index in [1.165, 1.54) is 27.8 Å². The summed E-state index contributed by atoms with van der Waals surface area (Å²) < 4.78 is 1.08. The van der Waals surface area contributed by atoms with Crippen LogP contribution in [0.2, 0.25) is 0 Å². The van der Waals surface area contributed by atoms with E-state index in [1.54, 1.807) is 0 Å². The molecule has 1 heteroatoms. The largest absolute Gasteiger partial charge is 0.0622 e. The summed E-state index contributed by atoms with van der Waals surface area (Å²) in [5.74, 6) is 0.0685. The maximum Gasteiger partial charge on any atom is 0.0560 e. The molecule has 5 aromatic carbocycles. The lowest BCUT2D eigenvalue weighted by atomic mass is 9.58. The molecule has 0 aliphatic carbocycles. The first-order chi connectivity index (χ1) is 16.3. The summed E-state index contributed by atoms with van der Waals surface area (Å²) in [6.07, 6.45) is 0. The zero-order chi connectivity index (χ0) is 22.5. The average Bonchev–Trinajstić information content (AvgIpc) is 2.89. The normalized spacial score (nSPS) is 11.5. The first-order valence-electron chi connectivity index (χ1n) is 11.3. The van der Waals surface area contributed by atoms with Crippen LogP contribution in [0.15, 0.2) is 150 Å². The Morgan fingerprint density at radius 3 is 1.24 bits per heavy atom. The predicted molar refractivity (Wildman–Crippen MR) is 142 cm³/mol. The fourth-order valence-electron chi connectivity index (χ4n) is 5.12. The van der Waals surface area contributed by atoms with E-state index in [2.05, 4.69) is 162 Å². The van der Waals surface area contributed by atoms with Crippen molar-refractivity contribution in [3.8, 4) is 0 Å². The summed E-state index contributed by atoms with van der Waals surface area (Å²) in [7, 11) is 0. The second-order valence-corrected chi connectivity index (χ2v) is 9.22. The van der Waals surface area contributed by atoms with E-state index in [4.69, 9.17) is 0 Å². The standard InChI is InChI=1S/C32H25Br/c33-30-23-13-22-29(24-30)32(27-18-9-3-10-19-27,28-20-11-4-12-21-28)31(25-14-5-1-6-15-25)26-16-7-2-8-17-26/h1-24,31H. The highest BCUT2D eigenvalue weighted by Gasteiger charge is 2.45. The molecule has 0 saturated heterocycles. The van der Waals surface area contributed by atoms with Crippen molar-refractivity contribution in [2.75, 3.05) is 0 Å². The Labute approximate surface area is 204 Å². The van der Waals surface area contributed by atoms with Gasteiger partial charge in [-0.1, -0.05) is 149 Å². The predicted octanol–water partition coefficient (Wildman–Crippen LogP) is 8.62. The second-order valence-electron chi connectivity index (χ2n) is 8.30. The molecule has 0 heterocycles. The van der Waals surface area contributed by atoms with Crippen LogP contribution in [0, 0.1) is 0 Å². The molecule has 0 saturated carbocycles. The van der Waals surface area contributed by atoms with E-state index in [1.807, 2.05) is 0 Å². The van der Waals surface area contributed by atoms with E-state index < -0.39 is 5.41 Å². The Kier molecular flexibility index (Phi) is 6.24. The van der Waals surface area contributed by atoms with Crippen LogP contribution in [0.25, 0.3) is 0 Å². The van der Waals surface area contributed by atoms with Gasteiger partial charge in [0, 0.05) is 10.4 Å². The van der Waals surface area contributed by atoms with Gasteiger partial charge in [-0.2, -0.15) is 0 Å². The van der Waals surface area contributed by atoms with Crippen LogP contribution >= 0.6 is 15.9 Å². The van der Waals surface area contributed by atoms with E-state index in [9.17, 15) is 0 Å². The molecule has 0 aliphatic heterocycles. The molecule has 0 bridgehead atoms. The number of hydrogen-bond acceptors (Lipinski definition) is 0. The van der Waals surface area contributed by atoms with E-state index in [0.717, 1.165) is 4.47 Å². The van der Waals surface area contributed by atoms with Gasteiger partial charge in [-0.15, -0.1) is 0 Å². The number of benzene rings is 5. The van der Waals surface area contributed by atoms with Crippen molar-refractivity contribution < 1.29 is 0 Å². The van der Waals surface area contributed by atoms with E-state index >= 15 is 0 Å². The molecule has 0 fully saturated rings. The minimum Gasteiger partial charge on any atom is -0.0622 e. The van der Waals surface area contributed by atoms with Crippen molar-refractivity contribution in [2.24, 2.45) is 0 Å². The van der Waals surface area contributed by atoms with Gasteiger partial charge in [0.25, 0.3) is 0 Å². The summed E-state index contributed by atoms with van der Waals surface area (Å²) in [4.78, 5) is 0. The molecule has 0 spiro atoms. The van der Waals surface area contributed by atoms with Gasteiger partial charge in [-0.05, 0) is 39.9 Å². The highest BCUT2D eigenvalue weighted by Crippen LogP contribution is 2.52. The third kappa shape index (κ3) is 4.05. The highest BCUT2D eigenvalue weighted by atomic mass is 79.9. The molecule has 0 atom stereocenters. The zero-order valence-electron chi connectivity index (χ0n) is 18.3. The van der Waals surface area contributed by atoms with Gasteiger partial charge in [-0.25, -0.2) is 0 Å². The van der Waals surface area contributed by atoms with Crippen molar-refractivity contribution in [3.63, 3.8) is 0 Å². The Hall–Kier alpha value is -3.42. The van der Waals surface area contributed by atoms with Gasteiger partial charge in [-0.3, -0.25) is 0 Å².